The molecular formula is C18H29N2OY+. The molecule has 0 aliphatic carbocycles. The molecule has 22 heavy (non-hydrogen) atoms. The van der Waals surface area contributed by atoms with Gasteiger partial charge >= 0.3 is 0 Å². The minimum atomic E-state index is 0. The average Bonchev–Trinajstić information content (AvgIpc) is 2.91. The van der Waals surface area contributed by atoms with Crippen LogP contribution in [-0.2, 0) is 37.5 Å². The van der Waals surface area contributed by atoms with Crippen molar-refractivity contribution in [2.75, 3.05) is 25.0 Å². The van der Waals surface area contributed by atoms with Crippen LogP contribution in [0.4, 0.5) is 5.69 Å². The van der Waals surface area contributed by atoms with Gasteiger partial charge in [-0.05, 0) is 45.7 Å². The second-order valence-electron chi connectivity index (χ2n) is 6.63. The molecule has 1 radical (unpaired) electrons. The van der Waals surface area contributed by atoms with E-state index < -0.39 is 0 Å². The van der Waals surface area contributed by atoms with Gasteiger partial charge in [0.05, 0.1) is 19.6 Å². The molecule has 1 aromatic rings. The molecule has 1 aliphatic heterocycles. The summed E-state index contributed by atoms with van der Waals surface area (Å²) in [7, 11) is 0. The van der Waals surface area contributed by atoms with Gasteiger partial charge in [0.2, 0.25) is 0 Å². The summed E-state index contributed by atoms with van der Waals surface area (Å²) in [6.07, 6.45) is 2.49. The van der Waals surface area contributed by atoms with Crippen molar-refractivity contribution in [2.45, 2.75) is 53.5 Å². The summed E-state index contributed by atoms with van der Waals surface area (Å²) in [6.45, 7) is 13.8. The Morgan fingerprint density at radius 1 is 1.18 bits per heavy atom. The van der Waals surface area contributed by atoms with Crippen molar-refractivity contribution in [1.82, 2.24) is 0 Å². The Kier molecular flexibility index (Phi) is 7.23. The number of amides is 1. The molecular weight excluding hydrogens is 349 g/mol. The van der Waals surface area contributed by atoms with Crippen LogP contribution in [0, 0.1) is 20.8 Å². The number of nitrogens with one attached hydrogen (secondary N) is 1. The van der Waals surface area contributed by atoms with Crippen molar-refractivity contribution in [3.8, 4) is 0 Å². The number of benzene rings is 1. The molecule has 1 amide bonds. The van der Waals surface area contributed by atoms with E-state index in [1.165, 1.54) is 18.4 Å². The number of hydrogen-bond acceptors (Lipinski definition) is 1. The van der Waals surface area contributed by atoms with Gasteiger partial charge in [-0.2, -0.15) is 0 Å². The van der Waals surface area contributed by atoms with Crippen molar-refractivity contribution in [2.24, 2.45) is 0 Å². The Morgan fingerprint density at radius 3 is 2.14 bits per heavy atom. The molecule has 0 spiro atoms. The van der Waals surface area contributed by atoms with Gasteiger partial charge in [-0.15, -0.1) is 0 Å². The van der Waals surface area contributed by atoms with Crippen LogP contribution in [0.5, 0.6) is 0 Å². The molecule has 0 bridgehead atoms. The maximum absolute atomic E-state index is 12.7. The number of likely N-dealkylation sites (tertiary alicyclic amines) is 1. The van der Waals surface area contributed by atoms with Crippen LogP contribution in [-0.4, -0.2) is 36.1 Å². The summed E-state index contributed by atoms with van der Waals surface area (Å²) in [4.78, 5) is 12.7. The summed E-state index contributed by atoms with van der Waals surface area (Å²) in [5, 5.41) is 3.19. The zero-order valence-electron chi connectivity index (χ0n) is 14.7. The van der Waals surface area contributed by atoms with Crippen molar-refractivity contribution < 1.29 is 42.0 Å². The van der Waals surface area contributed by atoms with Gasteiger partial charge in [0.1, 0.15) is 0 Å². The van der Waals surface area contributed by atoms with E-state index in [2.05, 4.69) is 52.1 Å². The van der Waals surface area contributed by atoms with Gasteiger partial charge in [0.25, 0.3) is 5.91 Å². The Labute approximate surface area is 160 Å². The third kappa shape index (κ3) is 3.99. The first-order chi connectivity index (χ1) is 9.89. The molecule has 3 nitrogen and oxygen atoms in total. The number of likely N-dealkylation sites (N-methyl/N-ethyl adjacent to an activating group) is 1. The Morgan fingerprint density at radius 2 is 1.68 bits per heavy atom. The topological polar surface area (TPSA) is 29.1 Å². The molecule has 1 aromatic carbocycles. The number of anilines is 1. The van der Waals surface area contributed by atoms with Crippen LogP contribution in [0.1, 0.15) is 43.4 Å². The minimum absolute atomic E-state index is 0. The molecule has 1 N–H and O–H groups in total. The van der Waals surface area contributed by atoms with Crippen molar-refractivity contribution in [3.05, 3.63) is 28.8 Å². The van der Waals surface area contributed by atoms with E-state index in [0.29, 0.717) is 0 Å². The summed E-state index contributed by atoms with van der Waals surface area (Å²) in [6, 6.07) is 4.29. The average molecular weight is 378 g/mol. The van der Waals surface area contributed by atoms with Crippen LogP contribution >= 0.6 is 0 Å². The second kappa shape index (κ2) is 8.03. The fourth-order valence-electron chi connectivity index (χ4n) is 3.80. The molecule has 1 saturated heterocycles. The van der Waals surface area contributed by atoms with E-state index >= 15 is 0 Å². The molecule has 4 heteroatoms. The first-order valence-corrected chi connectivity index (χ1v) is 8.14. The third-order valence-corrected chi connectivity index (χ3v) is 5.21. The maximum Gasteiger partial charge on any atom is 0.282 e. The monoisotopic (exact) mass is 378 g/mol. The number of carbonyl (C=O) groups excluding carboxylic acids is 1. The summed E-state index contributed by atoms with van der Waals surface area (Å²) in [5.41, 5.74) is 4.54. The molecule has 0 aromatic heterocycles. The molecule has 119 valence electrons. The summed E-state index contributed by atoms with van der Waals surface area (Å²) >= 11 is 0. The van der Waals surface area contributed by atoms with Gasteiger partial charge in [-0.25, -0.2) is 0 Å². The first-order valence-electron chi connectivity index (χ1n) is 8.14. The van der Waals surface area contributed by atoms with Crippen LogP contribution < -0.4 is 5.32 Å². The van der Waals surface area contributed by atoms with Crippen molar-refractivity contribution in [1.29, 1.82) is 0 Å². The summed E-state index contributed by atoms with van der Waals surface area (Å²) < 4.78 is 0.940. The van der Waals surface area contributed by atoms with Gasteiger partial charge in [-0.3, -0.25) is 4.79 Å². The van der Waals surface area contributed by atoms with Crippen molar-refractivity contribution in [3.63, 3.8) is 0 Å². The first kappa shape index (κ1) is 19.8. The number of aryl methyl sites for hydroxylation is 3. The van der Waals surface area contributed by atoms with E-state index in [9.17, 15) is 4.79 Å². The Hall–Kier alpha value is -0.246. The molecule has 1 heterocycles. The largest absolute Gasteiger partial charge is 0.320 e. The fourth-order valence-corrected chi connectivity index (χ4v) is 3.80. The third-order valence-electron chi connectivity index (χ3n) is 5.21. The molecule has 2 rings (SSSR count). The second-order valence-corrected chi connectivity index (χ2v) is 6.63. The molecule has 0 saturated carbocycles. The van der Waals surface area contributed by atoms with E-state index in [1.807, 2.05) is 0 Å². The molecule has 1 unspecified atom stereocenters. The normalized spacial score (nSPS) is 17.7. The smallest absolute Gasteiger partial charge is 0.282 e. The predicted molar refractivity (Wildman–Crippen MR) is 88.5 cm³/mol. The van der Waals surface area contributed by atoms with Gasteiger partial charge in [0.15, 0.2) is 6.04 Å². The Balaban J connectivity index is 0.00000242. The quantitative estimate of drug-likeness (QED) is 0.798. The number of carbonyl (C=O) groups is 1. The van der Waals surface area contributed by atoms with E-state index in [1.54, 1.807) is 0 Å². The number of rotatable bonds is 4. The molecule has 1 aliphatic rings. The van der Waals surface area contributed by atoms with Crippen LogP contribution in [0.3, 0.4) is 0 Å². The maximum atomic E-state index is 12.7. The number of hydrogen-bond donors (Lipinski definition) is 1. The van der Waals surface area contributed by atoms with Crippen LogP contribution in [0.15, 0.2) is 12.1 Å². The predicted octanol–water partition coefficient (Wildman–Crippen LogP) is 3.57. The minimum Gasteiger partial charge on any atom is -0.320 e. The zero-order chi connectivity index (χ0) is 15.6. The van der Waals surface area contributed by atoms with Crippen molar-refractivity contribution >= 4 is 11.6 Å². The van der Waals surface area contributed by atoms with Crippen LogP contribution in [0.2, 0.25) is 0 Å². The standard InChI is InChI=1S/C18H28N2O.Y/c1-6-20(9-7-8-10-20)16(5)18(21)19-17-14(3)11-13(2)12-15(17)4;/h11-12,16H,6-10H2,1-5H3;/p+1. The number of nitrogens with zero attached hydrogens (tertiary/aromatic N) is 1. The van der Waals surface area contributed by atoms with Crippen LogP contribution in [0.25, 0.3) is 0 Å². The SMILES string of the molecule is CC[N+]1(C(C)C(=O)Nc2c(C)cc(C)cc2C)CCCC1.[Y]. The van der Waals surface area contributed by atoms with E-state index in [4.69, 9.17) is 0 Å². The molecule has 1 atom stereocenters. The fraction of sp³-hybridized carbons (Fsp3) is 0.611. The van der Waals surface area contributed by atoms with Gasteiger partial charge in [0, 0.05) is 51.2 Å². The Bertz CT molecular complexity index is 513. The number of quaternary nitrogens is 1. The van der Waals surface area contributed by atoms with Gasteiger partial charge < -0.3 is 9.80 Å². The van der Waals surface area contributed by atoms with E-state index in [-0.39, 0.29) is 44.7 Å². The summed E-state index contributed by atoms with van der Waals surface area (Å²) in [5.74, 6) is 0.161. The van der Waals surface area contributed by atoms with Gasteiger partial charge in [-0.1, -0.05) is 17.7 Å². The van der Waals surface area contributed by atoms with E-state index in [0.717, 1.165) is 40.9 Å². The zero-order valence-corrected chi connectivity index (χ0v) is 17.5. The molecule has 1 fully saturated rings.